The number of carbonyl (C=O) groups excluding carboxylic acids is 1. The van der Waals surface area contributed by atoms with Crippen LogP contribution >= 0.6 is 11.3 Å². The fraction of sp³-hybridized carbons (Fsp3) is 0.750. The maximum atomic E-state index is 11.9. The van der Waals surface area contributed by atoms with Gasteiger partial charge < -0.3 is 15.5 Å². The monoisotopic (exact) mass is 339 g/mol. The molecule has 1 saturated heterocycles. The van der Waals surface area contributed by atoms with Crippen LogP contribution in [0.4, 0.5) is 4.79 Å². The van der Waals surface area contributed by atoms with Crippen LogP contribution in [0.2, 0.25) is 0 Å². The second-order valence-corrected chi connectivity index (χ2v) is 7.18. The van der Waals surface area contributed by atoms with Gasteiger partial charge in [-0.05, 0) is 20.4 Å². The van der Waals surface area contributed by atoms with Gasteiger partial charge in [-0.15, -0.1) is 11.3 Å². The summed E-state index contributed by atoms with van der Waals surface area (Å²) in [5.74, 6) is 0. The number of aromatic nitrogens is 1. The number of piperazine rings is 1. The van der Waals surface area contributed by atoms with Crippen molar-refractivity contribution in [1.82, 2.24) is 25.4 Å². The SMILES string of the molecule is CCc1nc(CCNC(=O)NC(C)CN2CCN(C)CC2)cs1. The molecule has 2 amide bonds. The first kappa shape index (κ1) is 18.2. The van der Waals surface area contributed by atoms with Crippen LogP contribution in [0.3, 0.4) is 0 Å². The molecule has 2 rings (SSSR count). The predicted octanol–water partition coefficient (Wildman–Crippen LogP) is 1.18. The number of urea groups is 1. The summed E-state index contributed by atoms with van der Waals surface area (Å²) in [6, 6.07) is 0.0712. The standard InChI is InChI=1S/C16H29N5OS/c1-4-15-19-14(12-23-15)5-6-17-16(22)18-13(2)11-21-9-7-20(3)8-10-21/h12-13H,4-11H2,1-3H3,(H2,17,18,22). The Kier molecular flexibility index (Phi) is 7.26. The maximum Gasteiger partial charge on any atom is 0.315 e. The summed E-state index contributed by atoms with van der Waals surface area (Å²) in [6.45, 7) is 10.1. The fourth-order valence-corrected chi connectivity index (χ4v) is 3.45. The van der Waals surface area contributed by atoms with Crippen LogP contribution < -0.4 is 10.6 Å². The molecule has 1 aliphatic heterocycles. The highest BCUT2D eigenvalue weighted by molar-refractivity contribution is 7.09. The zero-order valence-corrected chi connectivity index (χ0v) is 15.3. The Bertz CT molecular complexity index is 485. The number of likely N-dealkylation sites (N-methyl/N-ethyl adjacent to an activating group) is 1. The largest absolute Gasteiger partial charge is 0.338 e. The number of nitrogens with zero attached hydrogens (tertiary/aromatic N) is 3. The third-order valence-electron chi connectivity index (χ3n) is 4.07. The number of thiazole rings is 1. The van der Waals surface area contributed by atoms with E-state index in [0.29, 0.717) is 6.54 Å². The van der Waals surface area contributed by atoms with Gasteiger partial charge >= 0.3 is 6.03 Å². The predicted molar refractivity (Wildman–Crippen MR) is 95.1 cm³/mol. The average molecular weight is 340 g/mol. The summed E-state index contributed by atoms with van der Waals surface area (Å²) in [7, 11) is 2.15. The first-order valence-corrected chi connectivity index (χ1v) is 9.33. The van der Waals surface area contributed by atoms with Crippen LogP contribution in [0.5, 0.6) is 0 Å². The maximum absolute atomic E-state index is 11.9. The van der Waals surface area contributed by atoms with Crippen LogP contribution in [0.1, 0.15) is 24.5 Å². The smallest absolute Gasteiger partial charge is 0.315 e. The highest BCUT2D eigenvalue weighted by Gasteiger charge is 2.16. The van der Waals surface area contributed by atoms with Crippen LogP contribution in [-0.4, -0.2) is 73.2 Å². The van der Waals surface area contributed by atoms with Crippen molar-refractivity contribution in [3.8, 4) is 0 Å². The van der Waals surface area contributed by atoms with Crippen molar-refractivity contribution in [3.63, 3.8) is 0 Å². The van der Waals surface area contributed by atoms with Gasteiger partial charge in [-0.3, -0.25) is 4.90 Å². The molecular formula is C16H29N5OS. The normalized spacial score (nSPS) is 17.9. The minimum Gasteiger partial charge on any atom is -0.338 e. The summed E-state index contributed by atoms with van der Waals surface area (Å²) >= 11 is 1.69. The molecule has 1 aromatic rings. The van der Waals surface area contributed by atoms with Gasteiger partial charge in [0, 0.05) is 57.1 Å². The molecule has 1 atom stereocenters. The number of rotatable bonds is 7. The second kappa shape index (κ2) is 9.20. The molecule has 130 valence electrons. The molecule has 1 fully saturated rings. The summed E-state index contributed by atoms with van der Waals surface area (Å²) in [5, 5.41) is 9.17. The minimum absolute atomic E-state index is 0.0856. The van der Waals surface area contributed by atoms with Gasteiger partial charge in [0.05, 0.1) is 10.7 Å². The Morgan fingerprint density at radius 3 is 2.78 bits per heavy atom. The number of carbonyl (C=O) groups is 1. The average Bonchev–Trinajstić information content (AvgIpc) is 2.97. The molecule has 0 aromatic carbocycles. The molecular weight excluding hydrogens is 310 g/mol. The molecule has 0 saturated carbocycles. The van der Waals surface area contributed by atoms with E-state index in [1.807, 2.05) is 0 Å². The molecule has 2 N–H and O–H groups in total. The molecule has 1 aromatic heterocycles. The van der Waals surface area contributed by atoms with E-state index in [-0.39, 0.29) is 12.1 Å². The van der Waals surface area contributed by atoms with E-state index in [0.717, 1.165) is 56.3 Å². The molecule has 1 unspecified atom stereocenters. The fourth-order valence-electron chi connectivity index (χ4n) is 2.67. The highest BCUT2D eigenvalue weighted by Crippen LogP contribution is 2.10. The van der Waals surface area contributed by atoms with Gasteiger partial charge in [0.15, 0.2) is 0 Å². The molecule has 1 aliphatic rings. The lowest BCUT2D eigenvalue weighted by Crippen LogP contribution is -2.51. The van der Waals surface area contributed by atoms with Gasteiger partial charge in [0.25, 0.3) is 0 Å². The van der Waals surface area contributed by atoms with Crippen LogP contribution in [0.25, 0.3) is 0 Å². The lowest BCUT2D eigenvalue weighted by atomic mass is 10.2. The van der Waals surface area contributed by atoms with Crippen molar-refractivity contribution in [2.45, 2.75) is 32.7 Å². The molecule has 0 aliphatic carbocycles. The molecule has 7 heteroatoms. The summed E-state index contributed by atoms with van der Waals surface area (Å²) < 4.78 is 0. The Labute approximate surface area is 143 Å². The zero-order valence-electron chi connectivity index (χ0n) is 14.5. The first-order chi connectivity index (χ1) is 11.1. The van der Waals surface area contributed by atoms with Gasteiger partial charge in [-0.1, -0.05) is 6.92 Å². The molecule has 0 spiro atoms. The zero-order chi connectivity index (χ0) is 16.7. The second-order valence-electron chi connectivity index (χ2n) is 6.24. The summed E-state index contributed by atoms with van der Waals surface area (Å²) in [6.07, 6.45) is 1.76. The Balaban J connectivity index is 1.60. The number of hydrogen-bond acceptors (Lipinski definition) is 5. The number of aryl methyl sites for hydroxylation is 1. The Morgan fingerprint density at radius 1 is 1.39 bits per heavy atom. The number of nitrogens with one attached hydrogen (secondary N) is 2. The highest BCUT2D eigenvalue weighted by atomic mass is 32.1. The van der Waals surface area contributed by atoms with E-state index >= 15 is 0 Å². The van der Waals surface area contributed by atoms with E-state index in [2.05, 4.69) is 51.7 Å². The third-order valence-corrected chi connectivity index (χ3v) is 5.12. The Morgan fingerprint density at radius 2 is 2.13 bits per heavy atom. The van der Waals surface area contributed by atoms with Crippen molar-refractivity contribution in [2.24, 2.45) is 0 Å². The lowest BCUT2D eigenvalue weighted by Gasteiger charge is -2.34. The van der Waals surface area contributed by atoms with Crippen molar-refractivity contribution >= 4 is 17.4 Å². The topological polar surface area (TPSA) is 60.5 Å². The number of amides is 2. The van der Waals surface area contributed by atoms with E-state index in [4.69, 9.17) is 0 Å². The molecule has 0 radical (unpaired) electrons. The Hall–Kier alpha value is -1.18. The van der Waals surface area contributed by atoms with E-state index < -0.39 is 0 Å². The first-order valence-electron chi connectivity index (χ1n) is 8.45. The number of hydrogen-bond donors (Lipinski definition) is 2. The summed E-state index contributed by atoms with van der Waals surface area (Å²) in [5.41, 5.74) is 1.07. The van der Waals surface area contributed by atoms with Gasteiger partial charge in [-0.2, -0.15) is 0 Å². The van der Waals surface area contributed by atoms with Crippen molar-refractivity contribution in [2.75, 3.05) is 46.3 Å². The van der Waals surface area contributed by atoms with Crippen LogP contribution in [0, 0.1) is 0 Å². The van der Waals surface area contributed by atoms with E-state index in [1.54, 1.807) is 11.3 Å². The van der Waals surface area contributed by atoms with Crippen molar-refractivity contribution in [3.05, 3.63) is 16.1 Å². The van der Waals surface area contributed by atoms with Gasteiger partial charge in [0.2, 0.25) is 0 Å². The third kappa shape index (κ3) is 6.45. The molecule has 23 heavy (non-hydrogen) atoms. The molecule has 6 nitrogen and oxygen atoms in total. The van der Waals surface area contributed by atoms with Gasteiger partial charge in [-0.25, -0.2) is 9.78 Å². The minimum atomic E-state index is -0.0856. The van der Waals surface area contributed by atoms with Crippen LogP contribution in [-0.2, 0) is 12.8 Å². The van der Waals surface area contributed by atoms with Gasteiger partial charge in [0.1, 0.15) is 0 Å². The quantitative estimate of drug-likeness (QED) is 0.783. The summed E-state index contributed by atoms with van der Waals surface area (Å²) in [4.78, 5) is 21.2. The van der Waals surface area contributed by atoms with Crippen molar-refractivity contribution in [1.29, 1.82) is 0 Å². The molecule has 0 bridgehead atoms. The van der Waals surface area contributed by atoms with Crippen molar-refractivity contribution < 1.29 is 4.79 Å². The van der Waals surface area contributed by atoms with E-state index in [9.17, 15) is 4.79 Å². The molecule has 2 heterocycles. The lowest BCUT2D eigenvalue weighted by molar-refractivity contribution is 0.144. The van der Waals surface area contributed by atoms with Crippen LogP contribution in [0.15, 0.2) is 5.38 Å². The van der Waals surface area contributed by atoms with E-state index in [1.165, 1.54) is 0 Å².